The third-order valence-electron chi connectivity index (χ3n) is 1.96. The summed E-state index contributed by atoms with van der Waals surface area (Å²) in [5.41, 5.74) is 1.50. The molecule has 0 aromatic heterocycles. The van der Waals surface area contributed by atoms with Crippen molar-refractivity contribution in [3.8, 4) is 0 Å². The van der Waals surface area contributed by atoms with Crippen molar-refractivity contribution in [2.75, 3.05) is 5.32 Å². The maximum atomic E-state index is 9.60. The molecule has 1 atom stereocenters. The molecule has 2 heteroatoms. The minimum absolute atomic E-state index is 0.698. The van der Waals surface area contributed by atoms with Crippen molar-refractivity contribution in [2.45, 2.75) is 19.1 Å². The summed E-state index contributed by atoms with van der Waals surface area (Å²) < 4.78 is 0. The van der Waals surface area contributed by atoms with Crippen LogP contribution >= 0.6 is 0 Å². The Labute approximate surface area is 65.9 Å². The van der Waals surface area contributed by atoms with E-state index in [2.05, 4.69) is 5.32 Å². The molecule has 0 saturated carbocycles. The van der Waals surface area contributed by atoms with Crippen LogP contribution in [0.15, 0.2) is 24.3 Å². The van der Waals surface area contributed by atoms with Crippen LogP contribution in [0, 0.1) is 0 Å². The van der Waals surface area contributed by atoms with Crippen molar-refractivity contribution in [1.29, 1.82) is 0 Å². The minimum Gasteiger partial charge on any atom is -0.371 e. The normalized spacial score (nSPS) is 27.8. The van der Waals surface area contributed by atoms with Crippen LogP contribution < -0.4 is 5.32 Å². The maximum absolute atomic E-state index is 9.60. The summed E-state index contributed by atoms with van der Waals surface area (Å²) in [6, 6.07) is 7.97. The lowest BCUT2D eigenvalue weighted by Crippen LogP contribution is -2.30. The number of nitrogens with one attached hydrogen (secondary N) is 1. The highest BCUT2D eigenvalue weighted by Crippen LogP contribution is 2.29. The molecule has 0 spiro atoms. The fourth-order valence-corrected chi connectivity index (χ4v) is 1.50. The number of para-hydroxylation sites is 1. The highest BCUT2D eigenvalue weighted by molar-refractivity contribution is 5.57. The van der Waals surface area contributed by atoms with E-state index in [1.165, 1.54) is 5.56 Å². The second-order valence-electron chi connectivity index (χ2n) is 3.23. The molecular formula is C9H11NO. The molecule has 11 heavy (non-hydrogen) atoms. The monoisotopic (exact) mass is 149 g/mol. The summed E-state index contributed by atoms with van der Waals surface area (Å²) in [6.07, 6.45) is 0.698. The lowest BCUT2D eigenvalue weighted by molar-refractivity contribution is 0.0986. The molecule has 0 amide bonds. The second-order valence-corrected chi connectivity index (χ2v) is 3.23. The van der Waals surface area contributed by atoms with Crippen molar-refractivity contribution in [2.24, 2.45) is 0 Å². The standard InChI is InChI=1S/C9H11NO/c1-9(11)6-7-4-2-3-5-8(7)10-9/h2-5,10-11H,6H2,1H3. The highest BCUT2D eigenvalue weighted by Gasteiger charge is 2.28. The van der Waals surface area contributed by atoms with Crippen molar-refractivity contribution in [1.82, 2.24) is 0 Å². The van der Waals surface area contributed by atoms with E-state index in [4.69, 9.17) is 0 Å². The van der Waals surface area contributed by atoms with E-state index in [0.29, 0.717) is 6.42 Å². The molecule has 2 N–H and O–H groups in total. The van der Waals surface area contributed by atoms with Gasteiger partial charge in [-0.05, 0) is 18.6 Å². The van der Waals surface area contributed by atoms with E-state index in [0.717, 1.165) is 5.69 Å². The highest BCUT2D eigenvalue weighted by atomic mass is 16.3. The van der Waals surface area contributed by atoms with Gasteiger partial charge in [0.25, 0.3) is 0 Å². The van der Waals surface area contributed by atoms with Gasteiger partial charge in [-0.3, -0.25) is 0 Å². The summed E-state index contributed by atoms with van der Waals surface area (Å²) >= 11 is 0. The quantitative estimate of drug-likeness (QED) is 0.583. The molecule has 58 valence electrons. The molecule has 1 aliphatic heterocycles. The summed E-state index contributed by atoms with van der Waals surface area (Å²) in [4.78, 5) is 0. The Morgan fingerprint density at radius 2 is 2.18 bits per heavy atom. The van der Waals surface area contributed by atoms with Gasteiger partial charge < -0.3 is 10.4 Å². The van der Waals surface area contributed by atoms with Gasteiger partial charge in [0.2, 0.25) is 0 Å². The largest absolute Gasteiger partial charge is 0.371 e. The molecule has 0 saturated heterocycles. The molecule has 1 aromatic carbocycles. The summed E-state index contributed by atoms with van der Waals surface area (Å²) in [7, 11) is 0. The zero-order valence-electron chi connectivity index (χ0n) is 6.46. The first kappa shape index (κ1) is 6.68. The Balaban J connectivity index is 2.41. The number of rotatable bonds is 0. The number of benzene rings is 1. The van der Waals surface area contributed by atoms with Crippen LogP contribution in [0.2, 0.25) is 0 Å². The Morgan fingerprint density at radius 3 is 2.91 bits per heavy atom. The van der Waals surface area contributed by atoms with Crippen LogP contribution in [0.4, 0.5) is 5.69 Å². The van der Waals surface area contributed by atoms with E-state index in [-0.39, 0.29) is 0 Å². The Hall–Kier alpha value is -1.02. The van der Waals surface area contributed by atoms with Gasteiger partial charge in [0.15, 0.2) is 0 Å². The molecule has 0 aliphatic carbocycles. The van der Waals surface area contributed by atoms with E-state index in [1.54, 1.807) is 6.92 Å². The van der Waals surface area contributed by atoms with E-state index >= 15 is 0 Å². The van der Waals surface area contributed by atoms with Gasteiger partial charge in [-0.1, -0.05) is 18.2 Å². The lowest BCUT2D eigenvalue weighted by Gasteiger charge is -2.16. The van der Waals surface area contributed by atoms with Gasteiger partial charge in [-0.2, -0.15) is 0 Å². The molecule has 1 aliphatic rings. The fraction of sp³-hybridized carbons (Fsp3) is 0.333. The number of hydrogen-bond donors (Lipinski definition) is 2. The third-order valence-corrected chi connectivity index (χ3v) is 1.96. The Morgan fingerprint density at radius 1 is 1.45 bits per heavy atom. The molecule has 2 rings (SSSR count). The summed E-state index contributed by atoms with van der Waals surface area (Å²) in [5, 5.41) is 12.6. The van der Waals surface area contributed by atoms with E-state index < -0.39 is 5.72 Å². The number of fused-ring (bicyclic) bond motifs is 1. The van der Waals surface area contributed by atoms with Crippen LogP contribution in [0.1, 0.15) is 12.5 Å². The maximum Gasteiger partial charge on any atom is 0.136 e. The van der Waals surface area contributed by atoms with Gasteiger partial charge in [0.05, 0.1) is 0 Å². The van der Waals surface area contributed by atoms with Gasteiger partial charge in [-0.25, -0.2) is 0 Å². The fourth-order valence-electron chi connectivity index (χ4n) is 1.50. The van der Waals surface area contributed by atoms with Gasteiger partial charge >= 0.3 is 0 Å². The molecule has 0 bridgehead atoms. The van der Waals surface area contributed by atoms with E-state index in [9.17, 15) is 5.11 Å². The van der Waals surface area contributed by atoms with Crippen molar-refractivity contribution in [3.63, 3.8) is 0 Å². The van der Waals surface area contributed by atoms with Crippen LogP contribution in [-0.4, -0.2) is 10.8 Å². The van der Waals surface area contributed by atoms with Gasteiger partial charge in [0.1, 0.15) is 5.72 Å². The predicted molar refractivity (Wildman–Crippen MR) is 44.4 cm³/mol. The molecule has 1 heterocycles. The van der Waals surface area contributed by atoms with Crippen LogP contribution in [0.5, 0.6) is 0 Å². The summed E-state index contributed by atoms with van der Waals surface area (Å²) in [5.74, 6) is 0. The molecule has 2 nitrogen and oxygen atoms in total. The average molecular weight is 149 g/mol. The number of hydrogen-bond acceptors (Lipinski definition) is 2. The Bertz CT molecular complexity index is 254. The predicted octanol–water partition coefficient (Wildman–Crippen LogP) is 1.36. The first-order valence-electron chi connectivity index (χ1n) is 3.76. The van der Waals surface area contributed by atoms with Crippen molar-refractivity contribution in [3.05, 3.63) is 29.8 Å². The SMILES string of the molecule is CC1(O)Cc2ccccc2N1. The van der Waals surface area contributed by atoms with Gasteiger partial charge in [0, 0.05) is 12.1 Å². The molecule has 1 aromatic rings. The summed E-state index contributed by atoms with van der Waals surface area (Å²) in [6.45, 7) is 1.78. The first-order chi connectivity index (χ1) is 5.17. The lowest BCUT2D eigenvalue weighted by atomic mass is 10.1. The number of anilines is 1. The van der Waals surface area contributed by atoms with Crippen molar-refractivity contribution < 1.29 is 5.11 Å². The van der Waals surface area contributed by atoms with Crippen LogP contribution in [0.25, 0.3) is 0 Å². The Kier molecular flexibility index (Phi) is 1.20. The second kappa shape index (κ2) is 1.98. The molecule has 1 unspecified atom stereocenters. The topological polar surface area (TPSA) is 32.3 Å². The van der Waals surface area contributed by atoms with E-state index in [1.807, 2.05) is 24.3 Å². The zero-order chi connectivity index (χ0) is 7.90. The first-order valence-corrected chi connectivity index (χ1v) is 3.76. The molecule has 0 fully saturated rings. The minimum atomic E-state index is -0.746. The molecular weight excluding hydrogens is 138 g/mol. The number of aliphatic hydroxyl groups is 1. The third kappa shape index (κ3) is 1.10. The average Bonchev–Trinajstić information content (AvgIpc) is 2.21. The zero-order valence-corrected chi connectivity index (χ0v) is 6.46. The van der Waals surface area contributed by atoms with Crippen molar-refractivity contribution >= 4 is 5.69 Å². The van der Waals surface area contributed by atoms with Crippen LogP contribution in [0.3, 0.4) is 0 Å². The smallest absolute Gasteiger partial charge is 0.136 e. The van der Waals surface area contributed by atoms with Crippen LogP contribution in [-0.2, 0) is 6.42 Å². The van der Waals surface area contributed by atoms with Gasteiger partial charge in [-0.15, -0.1) is 0 Å². The molecule has 0 radical (unpaired) electrons.